The highest BCUT2D eigenvalue weighted by molar-refractivity contribution is 4.79. The number of hydrogen-bond acceptors (Lipinski definition) is 5. The molecule has 0 aromatic rings. The SMILES string of the molecule is COC(C#N)OC1COCC(O)C1. The Bertz CT molecular complexity index is 191. The fraction of sp³-hybridized carbons (Fsp3) is 0.875. The lowest BCUT2D eigenvalue weighted by Gasteiger charge is -2.27. The van der Waals surface area contributed by atoms with Gasteiger partial charge in [0.05, 0.1) is 25.4 Å². The molecule has 74 valence electrons. The fourth-order valence-electron chi connectivity index (χ4n) is 1.18. The number of nitriles is 1. The maximum Gasteiger partial charge on any atom is 0.248 e. The summed E-state index contributed by atoms with van der Waals surface area (Å²) in [5, 5.41) is 17.7. The molecular weight excluding hydrogens is 174 g/mol. The first-order valence-electron chi connectivity index (χ1n) is 4.10. The molecule has 1 saturated heterocycles. The highest BCUT2D eigenvalue weighted by atomic mass is 16.7. The monoisotopic (exact) mass is 187 g/mol. The lowest BCUT2D eigenvalue weighted by atomic mass is 10.1. The van der Waals surface area contributed by atoms with Gasteiger partial charge in [-0.25, -0.2) is 0 Å². The van der Waals surface area contributed by atoms with Crippen molar-refractivity contribution in [2.45, 2.75) is 24.9 Å². The Balaban J connectivity index is 2.31. The van der Waals surface area contributed by atoms with Crippen LogP contribution in [0.15, 0.2) is 0 Å². The second kappa shape index (κ2) is 5.14. The first kappa shape index (κ1) is 10.4. The van der Waals surface area contributed by atoms with E-state index in [9.17, 15) is 5.11 Å². The summed E-state index contributed by atoms with van der Waals surface area (Å²) < 4.78 is 15.0. The third-order valence-corrected chi connectivity index (χ3v) is 1.78. The van der Waals surface area contributed by atoms with Crippen LogP contribution in [0.3, 0.4) is 0 Å². The molecule has 0 saturated carbocycles. The van der Waals surface area contributed by atoms with Gasteiger partial charge in [0, 0.05) is 13.5 Å². The van der Waals surface area contributed by atoms with Crippen LogP contribution in [-0.2, 0) is 14.2 Å². The topological polar surface area (TPSA) is 71.7 Å². The number of aliphatic hydroxyl groups excluding tert-OH is 1. The zero-order valence-electron chi connectivity index (χ0n) is 7.47. The number of rotatable bonds is 3. The Hall–Kier alpha value is -0.670. The molecule has 13 heavy (non-hydrogen) atoms. The quantitative estimate of drug-likeness (QED) is 0.611. The molecule has 0 aliphatic carbocycles. The molecule has 1 fully saturated rings. The highest BCUT2D eigenvalue weighted by Crippen LogP contribution is 2.12. The second-order valence-corrected chi connectivity index (χ2v) is 2.88. The number of hydrogen-bond donors (Lipinski definition) is 1. The van der Waals surface area contributed by atoms with E-state index in [4.69, 9.17) is 19.5 Å². The molecule has 1 N–H and O–H groups in total. The second-order valence-electron chi connectivity index (χ2n) is 2.88. The molecule has 5 heteroatoms. The van der Waals surface area contributed by atoms with Crippen LogP contribution in [0.4, 0.5) is 0 Å². The molecule has 1 aliphatic rings. The van der Waals surface area contributed by atoms with Gasteiger partial charge >= 0.3 is 0 Å². The van der Waals surface area contributed by atoms with Crippen molar-refractivity contribution >= 4 is 0 Å². The summed E-state index contributed by atoms with van der Waals surface area (Å²) in [6.45, 7) is 0.739. The molecule has 0 amide bonds. The fourth-order valence-corrected chi connectivity index (χ4v) is 1.18. The van der Waals surface area contributed by atoms with Crippen molar-refractivity contribution in [3.8, 4) is 6.07 Å². The Morgan fingerprint density at radius 2 is 2.38 bits per heavy atom. The van der Waals surface area contributed by atoms with E-state index in [-0.39, 0.29) is 6.10 Å². The standard InChI is InChI=1S/C8H13NO4/c1-11-8(3-9)13-7-2-6(10)4-12-5-7/h6-8,10H,2,4-5H2,1H3. The van der Waals surface area contributed by atoms with Crippen LogP contribution < -0.4 is 0 Å². The van der Waals surface area contributed by atoms with Crippen LogP contribution in [0.1, 0.15) is 6.42 Å². The van der Waals surface area contributed by atoms with E-state index in [1.165, 1.54) is 7.11 Å². The molecule has 3 unspecified atom stereocenters. The minimum atomic E-state index is -0.876. The minimum Gasteiger partial charge on any atom is -0.391 e. The molecular formula is C8H13NO4. The van der Waals surface area contributed by atoms with Crippen LogP contribution >= 0.6 is 0 Å². The molecule has 0 radical (unpaired) electrons. The van der Waals surface area contributed by atoms with E-state index in [1.54, 1.807) is 0 Å². The van der Waals surface area contributed by atoms with Crippen molar-refractivity contribution in [1.29, 1.82) is 5.26 Å². The maximum atomic E-state index is 9.21. The van der Waals surface area contributed by atoms with Gasteiger partial charge in [-0.05, 0) is 0 Å². The molecule has 1 heterocycles. The molecule has 1 aliphatic heterocycles. The average molecular weight is 187 g/mol. The van der Waals surface area contributed by atoms with Crippen LogP contribution in [0.5, 0.6) is 0 Å². The van der Waals surface area contributed by atoms with Gasteiger partial charge < -0.3 is 19.3 Å². The number of ether oxygens (including phenoxy) is 3. The van der Waals surface area contributed by atoms with Crippen molar-refractivity contribution in [2.75, 3.05) is 20.3 Å². The van der Waals surface area contributed by atoms with E-state index in [2.05, 4.69) is 0 Å². The molecule has 0 aromatic heterocycles. The molecule has 5 nitrogen and oxygen atoms in total. The van der Waals surface area contributed by atoms with Crippen molar-refractivity contribution in [3.05, 3.63) is 0 Å². The van der Waals surface area contributed by atoms with Gasteiger partial charge in [-0.15, -0.1) is 0 Å². The first-order valence-corrected chi connectivity index (χ1v) is 4.10. The number of aliphatic hydroxyl groups is 1. The molecule has 0 bridgehead atoms. The Kier molecular flexibility index (Phi) is 4.12. The Morgan fingerprint density at radius 3 is 2.92 bits per heavy atom. The van der Waals surface area contributed by atoms with E-state index >= 15 is 0 Å². The van der Waals surface area contributed by atoms with Gasteiger partial charge in [0.15, 0.2) is 0 Å². The van der Waals surface area contributed by atoms with Crippen molar-refractivity contribution in [2.24, 2.45) is 0 Å². The average Bonchev–Trinajstić information content (AvgIpc) is 2.14. The molecule has 3 atom stereocenters. The summed E-state index contributed by atoms with van der Waals surface area (Å²) >= 11 is 0. The zero-order chi connectivity index (χ0) is 9.68. The van der Waals surface area contributed by atoms with Gasteiger partial charge in [-0.2, -0.15) is 5.26 Å². The van der Waals surface area contributed by atoms with E-state index in [1.807, 2.05) is 6.07 Å². The van der Waals surface area contributed by atoms with Gasteiger partial charge in [0.25, 0.3) is 0 Å². The van der Waals surface area contributed by atoms with Gasteiger partial charge in [-0.1, -0.05) is 0 Å². The van der Waals surface area contributed by atoms with Crippen LogP contribution in [-0.4, -0.2) is 43.9 Å². The van der Waals surface area contributed by atoms with Crippen LogP contribution in [0, 0.1) is 11.3 Å². The normalized spacial score (nSPS) is 30.8. The van der Waals surface area contributed by atoms with E-state index in [0.717, 1.165) is 0 Å². The van der Waals surface area contributed by atoms with Crippen molar-refractivity contribution in [3.63, 3.8) is 0 Å². The third kappa shape index (κ3) is 3.28. The van der Waals surface area contributed by atoms with E-state index < -0.39 is 12.4 Å². The minimum absolute atomic E-state index is 0.256. The first-order chi connectivity index (χ1) is 6.26. The lowest BCUT2D eigenvalue weighted by Crippen LogP contribution is -2.37. The summed E-state index contributed by atoms with van der Waals surface area (Å²) in [4.78, 5) is 0. The van der Waals surface area contributed by atoms with E-state index in [0.29, 0.717) is 19.6 Å². The Labute approximate surface area is 76.8 Å². The predicted octanol–water partition coefficient (Wildman–Crippen LogP) is -0.351. The van der Waals surface area contributed by atoms with Crippen molar-refractivity contribution < 1.29 is 19.3 Å². The molecule has 1 rings (SSSR count). The summed E-state index contributed by atoms with van der Waals surface area (Å²) in [5.74, 6) is 0. The summed E-state index contributed by atoms with van der Waals surface area (Å²) in [7, 11) is 1.40. The van der Waals surface area contributed by atoms with Gasteiger partial charge in [0.1, 0.15) is 6.07 Å². The summed E-state index contributed by atoms with van der Waals surface area (Å²) in [6, 6.07) is 1.83. The van der Waals surface area contributed by atoms with Crippen LogP contribution in [0.25, 0.3) is 0 Å². The zero-order valence-corrected chi connectivity index (χ0v) is 7.47. The highest BCUT2D eigenvalue weighted by Gasteiger charge is 2.24. The maximum absolute atomic E-state index is 9.21. The Morgan fingerprint density at radius 1 is 1.62 bits per heavy atom. The number of methoxy groups -OCH3 is 1. The predicted molar refractivity (Wildman–Crippen MR) is 42.7 cm³/mol. The summed E-state index contributed by atoms with van der Waals surface area (Å²) in [6.07, 6.45) is -1.15. The summed E-state index contributed by atoms with van der Waals surface area (Å²) in [5.41, 5.74) is 0. The lowest BCUT2D eigenvalue weighted by molar-refractivity contribution is -0.170. The van der Waals surface area contributed by atoms with Gasteiger partial charge in [-0.3, -0.25) is 0 Å². The third-order valence-electron chi connectivity index (χ3n) is 1.78. The van der Waals surface area contributed by atoms with Crippen LogP contribution in [0.2, 0.25) is 0 Å². The smallest absolute Gasteiger partial charge is 0.248 e. The van der Waals surface area contributed by atoms with Gasteiger partial charge in [0.2, 0.25) is 6.29 Å². The largest absolute Gasteiger partial charge is 0.391 e. The molecule has 0 aromatic carbocycles. The van der Waals surface area contributed by atoms with Crippen molar-refractivity contribution in [1.82, 2.24) is 0 Å². The molecule has 0 spiro atoms. The number of nitrogens with zero attached hydrogens (tertiary/aromatic N) is 1.